The minimum Gasteiger partial charge on any atom is -0.426 e. The predicted molar refractivity (Wildman–Crippen MR) is 129 cm³/mol. The van der Waals surface area contributed by atoms with Crippen LogP contribution in [0.15, 0.2) is 82.0 Å². The third kappa shape index (κ3) is 4.02. The molecule has 0 aliphatic rings. The number of carbonyl (C=O) groups is 1. The lowest BCUT2D eigenvalue weighted by Crippen LogP contribution is -2.11. The Balaban J connectivity index is 1.51. The topological polar surface area (TPSA) is 56.5 Å². The minimum absolute atomic E-state index is 0.114. The van der Waals surface area contributed by atoms with E-state index >= 15 is 0 Å². The van der Waals surface area contributed by atoms with E-state index in [0.29, 0.717) is 37.2 Å². The van der Waals surface area contributed by atoms with Crippen LogP contribution in [0.25, 0.3) is 32.2 Å². The number of halogens is 2. The molecule has 0 aliphatic heterocycles. The predicted octanol–water partition coefficient (Wildman–Crippen LogP) is 7.13. The number of ether oxygens (including phenoxy) is 1. The molecule has 0 radical (unpaired) electrons. The van der Waals surface area contributed by atoms with Gasteiger partial charge < -0.3 is 9.15 Å². The highest BCUT2D eigenvalue weighted by Gasteiger charge is 2.16. The molecule has 0 saturated heterocycles. The van der Waals surface area contributed by atoms with Crippen LogP contribution in [0.1, 0.15) is 5.56 Å². The molecule has 5 aromatic rings. The highest BCUT2D eigenvalue weighted by molar-refractivity contribution is 7.16. The minimum atomic E-state index is -0.444. The van der Waals surface area contributed by atoms with E-state index in [9.17, 15) is 9.59 Å². The van der Waals surface area contributed by atoms with Gasteiger partial charge in [0.2, 0.25) is 0 Å². The van der Waals surface area contributed by atoms with Crippen LogP contribution in [-0.2, 0) is 11.2 Å². The molecule has 0 saturated carbocycles. The van der Waals surface area contributed by atoms with Crippen molar-refractivity contribution in [3.63, 3.8) is 0 Å². The zero-order chi connectivity index (χ0) is 22.2. The van der Waals surface area contributed by atoms with E-state index in [1.54, 1.807) is 30.3 Å². The summed E-state index contributed by atoms with van der Waals surface area (Å²) < 4.78 is 11.6. The van der Waals surface area contributed by atoms with Crippen molar-refractivity contribution in [3.05, 3.63) is 98.1 Å². The number of hydrogen-bond acceptors (Lipinski definition) is 5. The molecule has 0 aliphatic carbocycles. The van der Waals surface area contributed by atoms with Crippen LogP contribution in [0, 0.1) is 0 Å². The standard InChI is InChI=1S/C25H14Cl2O4S/c26-20-9-8-16(10-21(20)27)19-12-17(13-22-24(19)31-25(29)32-22)30-23(28)11-15-6-3-5-14-4-1-2-7-18(14)15/h1-10,12-13H,11H2. The highest BCUT2D eigenvalue weighted by atomic mass is 35.5. The Morgan fingerprint density at radius 1 is 0.938 bits per heavy atom. The van der Waals surface area contributed by atoms with Crippen molar-refractivity contribution in [2.24, 2.45) is 0 Å². The van der Waals surface area contributed by atoms with E-state index in [2.05, 4.69) is 0 Å². The summed E-state index contributed by atoms with van der Waals surface area (Å²) in [4.78, 5) is 24.2. The molecule has 32 heavy (non-hydrogen) atoms. The lowest BCUT2D eigenvalue weighted by molar-refractivity contribution is -0.133. The Labute approximate surface area is 196 Å². The quantitative estimate of drug-likeness (QED) is 0.202. The summed E-state index contributed by atoms with van der Waals surface area (Å²) in [5.74, 6) is -0.0857. The Morgan fingerprint density at radius 2 is 1.75 bits per heavy atom. The molecular weight excluding hydrogens is 467 g/mol. The van der Waals surface area contributed by atoms with E-state index in [0.717, 1.165) is 27.7 Å². The molecule has 4 aromatic carbocycles. The van der Waals surface area contributed by atoms with Gasteiger partial charge in [0, 0.05) is 11.6 Å². The maximum atomic E-state index is 12.8. The second-order valence-electron chi connectivity index (χ2n) is 7.17. The van der Waals surface area contributed by atoms with Crippen LogP contribution in [-0.4, -0.2) is 5.97 Å². The van der Waals surface area contributed by atoms with Crippen molar-refractivity contribution in [2.45, 2.75) is 6.42 Å². The number of carbonyl (C=O) groups excluding carboxylic acids is 1. The van der Waals surface area contributed by atoms with Crippen LogP contribution in [0.2, 0.25) is 10.0 Å². The van der Waals surface area contributed by atoms with Crippen molar-refractivity contribution < 1.29 is 13.9 Å². The van der Waals surface area contributed by atoms with Gasteiger partial charge in [0.25, 0.3) is 0 Å². The lowest BCUT2D eigenvalue weighted by atomic mass is 10.0. The first-order chi connectivity index (χ1) is 15.5. The summed E-state index contributed by atoms with van der Waals surface area (Å²) in [7, 11) is 0. The molecule has 0 spiro atoms. The second kappa shape index (κ2) is 8.43. The third-order valence-electron chi connectivity index (χ3n) is 5.08. The van der Waals surface area contributed by atoms with E-state index in [1.807, 2.05) is 42.5 Å². The fourth-order valence-corrected chi connectivity index (χ4v) is 4.68. The van der Waals surface area contributed by atoms with Gasteiger partial charge in [0.1, 0.15) is 5.75 Å². The first kappa shape index (κ1) is 20.8. The molecule has 7 heteroatoms. The number of hydrogen-bond donors (Lipinski definition) is 0. The van der Waals surface area contributed by atoms with Gasteiger partial charge in [-0.3, -0.25) is 4.79 Å². The Bertz CT molecular complexity index is 1550. The zero-order valence-electron chi connectivity index (χ0n) is 16.4. The lowest BCUT2D eigenvalue weighted by Gasteiger charge is -2.10. The van der Waals surface area contributed by atoms with Crippen molar-refractivity contribution >= 4 is 61.6 Å². The first-order valence-corrected chi connectivity index (χ1v) is 11.3. The summed E-state index contributed by atoms with van der Waals surface area (Å²) in [6, 6.07) is 22.1. The van der Waals surface area contributed by atoms with Crippen molar-refractivity contribution in [1.82, 2.24) is 0 Å². The van der Waals surface area contributed by atoms with Crippen LogP contribution < -0.4 is 9.68 Å². The average Bonchev–Trinajstić information content (AvgIpc) is 3.15. The molecule has 0 atom stereocenters. The van der Waals surface area contributed by atoms with Gasteiger partial charge >= 0.3 is 10.9 Å². The van der Waals surface area contributed by atoms with Gasteiger partial charge in [-0.2, -0.15) is 0 Å². The molecular formula is C25H14Cl2O4S. The maximum absolute atomic E-state index is 12.8. The van der Waals surface area contributed by atoms with Gasteiger partial charge in [0.15, 0.2) is 5.58 Å². The Hall–Kier alpha value is -3.12. The van der Waals surface area contributed by atoms with E-state index < -0.39 is 10.9 Å². The second-order valence-corrected chi connectivity index (χ2v) is 8.96. The van der Waals surface area contributed by atoms with Crippen molar-refractivity contribution in [1.29, 1.82) is 0 Å². The van der Waals surface area contributed by atoms with E-state index in [-0.39, 0.29) is 6.42 Å². The Morgan fingerprint density at radius 3 is 2.59 bits per heavy atom. The van der Waals surface area contributed by atoms with Crippen LogP contribution in [0.5, 0.6) is 5.75 Å². The summed E-state index contributed by atoms with van der Waals surface area (Å²) in [6.07, 6.45) is 0.114. The zero-order valence-corrected chi connectivity index (χ0v) is 18.8. The molecule has 0 fully saturated rings. The molecule has 0 unspecified atom stereocenters. The fourth-order valence-electron chi connectivity index (χ4n) is 3.66. The molecule has 5 rings (SSSR count). The van der Waals surface area contributed by atoms with Crippen LogP contribution in [0.4, 0.5) is 0 Å². The number of rotatable bonds is 4. The normalized spacial score (nSPS) is 11.2. The van der Waals surface area contributed by atoms with E-state index in [1.165, 1.54) is 0 Å². The molecule has 158 valence electrons. The van der Waals surface area contributed by atoms with Crippen molar-refractivity contribution in [3.8, 4) is 16.9 Å². The van der Waals surface area contributed by atoms with Crippen molar-refractivity contribution in [2.75, 3.05) is 0 Å². The molecule has 4 nitrogen and oxygen atoms in total. The third-order valence-corrected chi connectivity index (χ3v) is 6.60. The molecule has 0 N–H and O–H groups in total. The average molecular weight is 481 g/mol. The molecule has 1 aromatic heterocycles. The highest BCUT2D eigenvalue weighted by Crippen LogP contribution is 2.37. The molecule has 0 amide bonds. The number of benzene rings is 4. The summed E-state index contributed by atoms with van der Waals surface area (Å²) in [5, 5.41) is 2.85. The Kier molecular flexibility index (Phi) is 5.47. The van der Waals surface area contributed by atoms with Gasteiger partial charge in [-0.05, 0) is 40.1 Å². The SMILES string of the molecule is O=C(Cc1cccc2ccccc12)Oc1cc(-c2ccc(Cl)c(Cl)c2)c2oc(=O)sc2c1. The van der Waals surface area contributed by atoms with Crippen LogP contribution in [0.3, 0.4) is 0 Å². The van der Waals surface area contributed by atoms with E-state index in [4.69, 9.17) is 32.4 Å². The van der Waals surface area contributed by atoms with Gasteiger partial charge in [-0.15, -0.1) is 0 Å². The largest absolute Gasteiger partial charge is 0.426 e. The first-order valence-electron chi connectivity index (χ1n) is 9.68. The number of fused-ring (bicyclic) bond motifs is 2. The smallest absolute Gasteiger partial charge is 0.396 e. The summed E-state index contributed by atoms with van der Waals surface area (Å²) >= 11 is 13.2. The maximum Gasteiger partial charge on any atom is 0.396 e. The van der Waals surface area contributed by atoms with Gasteiger partial charge in [-0.1, -0.05) is 83.1 Å². The monoisotopic (exact) mass is 480 g/mol. The number of esters is 1. The van der Waals surface area contributed by atoms with Gasteiger partial charge in [-0.25, -0.2) is 4.79 Å². The summed E-state index contributed by atoms with van der Waals surface area (Å²) in [5.41, 5.74) is 2.57. The molecule has 0 bridgehead atoms. The fraction of sp³-hybridized carbons (Fsp3) is 0.0400. The van der Waals surface area contributed by atoms with Crippen LogP contribution >= 0.6 is 34.5 Å². The summed E-state index contributed by atoms with van der Waals surface area (Å²) in [6.45, 7) is 0. The molecule has 1 heterocycles. The van der Waals surface area contributed by atoms with Gasteiger partial charge in [0.05, 0.1) is 21.2 Å².